The molecule has 1 aromatic heterocycles. The third kappa shape index (κ3) is 5.08. The summed E-state index contributed by atoms with van der Waals surface area (Å²) in [6, 6.07) is 15.9. The van der Waals surface area contributed by atoms with Crippen molar-refractivity contribution < 1.29 is 22.3 Å². The highest BCUT2D eigenvalue weighted by molar-refractivity contribution is 7.91. The number of hydrogen-bond acceptors (Lipinski definition) is 4. The van der Waals surface area contributed by atoms with Crippen LogP contribution < -0.4 is 0 Å². The molecule has 0 fully saturated rings. The van der Waals surface area contributed by atoms with Gasteiger partial charge in [0.2, 0.25) is 0 Å². The Balaban J connectivity index is 1.87. The molecule has 3 aromatic carbocycles. The van der Waals surface area contributed by atoms with Crippen molar-refractivity contribution in [3.63, 3.8) is 0 Å². The van der Waals surface area contributed by atoms with Crippen LogP contribution in [0.1, 0.15) is 12.6 Å². The summed E-state index contributed by atoms with van der Waals surface area (Å²) in [7, 11) is -3.41. The Morgan fingerprint density at radius 3 is 2.17 bits per heavy atom. The van der Waals surface area contributed by atoms with Crippen LogP contribution in [0.5, 0.6) is 0 Å². The Labute approximate surface area is 215 Å². The van der Waals surface area contributed by atoms with Gasteiger partial charge in [-0.3, -0.25) is 4.57 Å². The summed E-state index contributed by atoms with van der Waals surface area (Å²) in [6.07, 6.45) is -3.28. The van der Waals surface area contributed by atoms with Crippen LogP contribution in [0.3, 0.4) is 0 Å². The summed E-state index contributed by atoms with van der Waals surface area (Å²) < 4.78 is 53.3. The van der Waals surface area contributed by atoms with Gasteiger partial charge in [-0.1, -0.05) is 66.0 Å². The van der Waals surface area contributed by atoms with Crippen molar-refractivity contribution in [2.45, 2.75) is 17.9 Å². The van der Waals surface area contributed by atoms with Crippen LogP contribution in [-0.4, -0.2) is 28.8 Å². The van der Waals surface area contributed by atoms with Gasteiger partial charge in [0.15, 0.2) is 15.5 Å². The van der Waals surface area contributed by atoms with E-state index < -0.39 is 21.6 Å². The third-order valence-corrected chi connectivity index (χ3v) is 7.96. The van der Waals surface area contributed by atoms with Gasteiger partial charge < -0.3 is 5.11 Å². The maximum atomic E-state index is 13.8. The fourth-order valence-electron chi connectivity index (χ4n) is 3.52. The van der Waals surface area contributed by atoms with Gasteiger partial charge >= 0.3 is 6.11 Å². The fourth-order valence-corrected chi connectivity index (χ4v) is 5.29. The maximum absolute atomic E-state index is 13.8. The normalized spacial score (nSPS) is 12.2. The average Bonchev–Trinajstić information content (AvgIpc) is 3.24. The molecule has 0 atom stereocenters. The van der Waals surface area contributed by atoms with Crippen LogP contribution in [0.2, 0.25) is 15.1 Å². The number of halogens is 5. The number of para-hydroxylation sites is 1. The first kappa shape index (κ1) is 25.6. The molecule has 0 aliphatic rings. The van der Waals surface area contributed by atoms with Crippen LogP contribution in [0, 0.1) is 0 Å². The highest BCUT2D eigenvalue weighted by Crippen LogP contribution is 2.38. The lowest BCUT2D eigenvalue weighted by molar-refractivity contribution is -0.211. The number of imidazole rings is 1. The van der Waals surface area contributed by atoms with E-state index in [0.29, 0.717) is 11.1 Å². The Hall–Kier alpha value is -2.49. The van der Waals surface area contributed by atoms with Crippen molar-refractivity contribution in [1.82, 2.24) is 9.55 Å². The Morgan fingerprint density at radius 2 is 1.57 bits per heavy atom. The lowest BCUT2D eigenvalue weighted by atomic mass is 10.0. The van der Waals surface area contributed by atoms with Gasteiger partial charge in [0, 0.05) is 11.8 Å². The molecule has 4 rings (SSSR count). The second-order valence-corrected chi connectivity index (χ2v) is 11.1. The lowest BCUT2D eigenvalue weighted by Gasteiger charge is -2.13. The predicted molar refractivity (Wildman–Crippen MR) is 133 cm³/mol. The largest absolute Gasteiger partial charge is 0.399 e. The topological polar surface area (TPSA) is 72.2 Å². The van der Waals surface area contributed by atoms with Crippen molar-refractivity contribution in [2.24, 2.45) is 0 Å². The number of aromatic nitrogens is 2. The van der Waals surface area contributed by atoms with Crippen molar-refractivity contribution in [2.75, 3.05) is 5.75 Å². The number of nitrogens with zero attached hydrogens (tertiary/aromatic N) is 2. The van der Waals surface area contributed by atoms with Gasteiger partial charge in [0.05, 0.1) is 31.4 Å². The molecule has 4 aromatic rings. The number of hydrogen-bond donors (Lipinski definition) is 1. The van der Waals surface area contributed by atoms with Crippen molar-refractivity contribution in [3.8, 4) is 28.2 Å². The number of alkyl halides is 2. The smallest absolute Gasteiger partial charge is 0.331 e. The molecule has 0 spiro atoms. The van der Waals surface area contributed by atoms with E-state index in [9.17, 15) is 22.3 Å². The van der Waals surface area contributed by atoms with Crippen LogP contribution in [0.4, 0.5) is 8.78 Å². The van der Waals surface area contributed by atoms with E-state index in [0.717, 1.165) is 6.20 Å². The Morgan fingerprint density at radius 1 is 0.943 bits per heavy atom. The monoisotopic (exact) mass is 556 g/mol. The SMILES string of the molecule is CCS(=O)(=O)c1cccc(-c2ccc(-c3nc(C(O)(F)F)cn3-c3c(Cl)cccc3Cl)c(Cl)c2)c1. The van der Waals surface area contributed by atoms with Crippen molar-refractivity contribution in [1.29, 1.82) is 0 Å². The first-order chi connectivity index (χ1) is 16.4. The second-order valence-electron chi connectivity index (χ2n) is 7.56. The number of sulfone groups is 1. The minimum Gasteiger partial charge on any atom is -0.331 e. The van der Waals surface area contributed by atoms with Gasteiger partial charge in [-0.2, -0.15) is 8.78 Å². The summed E-state index contributed by atoms with van der Waals surface area (Å²) in [6.45, 7) is 1.56. The molecule has 35 heavy (non-hydrogen) atoms. The number of rotatable bonds is 6. The van der Waals surface area contributed by atoms with Gasteiger partial charge in [-0.25, -0.2) is 13.4 Å². The van der Waals surface area contributed by atoms with Gasteiger partial charge in [0.1, 0.15) is 5.82 Å². The van der Waals surface area contributed by atoms with E-state index in [1.165, 1.54) is 22.8 Å². The summed E-state index contributed by atoms with van der Waals surface area (Å²) in [4.78, 5) is 4.09. The van der Waals surface area contributed by atoms with E-state index >= 15 is 0 Å². The van der Waals surface area contributed by atoms with E-state index in [2.05, 4.69) is 4.98 Å². The lowest BCUT2D eigenvalue weighted by Crippen LogP contribution is -2.11. The molecule has 0 radical (unpaired) electrons. The zero-order valence-electron chi connectivity index (χ0n) is 18.0. The second kappa shape index (κ2) is 9.52. The van der Waals surface area contributed by atoms with E-state index in [4.69, 9.17) is 34.8 Å². The molecule has 0 amide bonds. The molecule has 0 bridgehead atoms. The van der Waals surface area contributed by atoms with Crippen LogP contribution in [0.15, 0.2) is 71.8 Å². The quantitative estimate of drug-likeness (QED) is 0.277. The highest BCUT2D eigenvalue weighted by Gasteiger charge is 2.33. The molecule has 1 N–H and O–H groups in total. The van der Waals surface area contributed by atoms with Crippen LogP contribution in [0.25, 0.3) is 28.2 Å². The first-order valence-corrected chi connectivity index (χ1v) is 13.0. The van der Waals surface area contributed by atoms with E-state index in [1.54, 1.807) is 49.4 Å². The predicted octanol–water partition coefficient (Wildman–Crippen LogP) is 7.00. The maximum Gasteiger partial charge on any atom is 0.399 e. The number of benzene rings is 3. The third-order valence-electron chi connectivity index (χ3n) is 5.31. The molecule has 5 nitrogen and oxygen atoms in total. The fraction of sp³-hybridized carbons (Fsp3) is 0.125. The van der Waals surface area contributed by atoms with E-state index in [1.807, 2.05) is 0 Å². The summed E-state index contributed by atoms with van der Waals surface area (Å²) in [5.74, 6) is -0.0658. The van der Waals surface area contributed by atoms with Crippen molar-refractivity contribution >= 4 is 44.6 Å². The molecule has 0 saturated heterocycles. The summed E-state index contributed by atoms with van der Waals surface area (Å²) in [5.41, 5.74) is 0.744. The van der Waals surface area contributed by atoms with E-state index in [-0.39, 0.29) is 42.8 Å². The molecule has 0 unspecified atom stereocenters. The van der Waals surface area contributed by atoms with Gasteiger partial charge in [-0.15, -0.1) is 0 Å². The highest BCUT2D eigenvalue weighted by atomic mass is 35.5. The molecule has 0 saturated carbocycles. The van der Waals surface area contributed by atoms with Crippen LogP contribution >= 0.6 is 34.8 Å². The first-order valence-electron chi connectivity index (χ1n) is 10.2. The average molecular weight is 558 g/mol. The molecule has 0 aliphatic heterocycles. The molecular formula is C24H17Cl3F2N2O3S. The Bertz CT molecular complexity index is 1510. The van der Waals surface area contributed by atoms with Crippen LogP contribution in [-0.2, 0) is 15.9 Å². The molecule has 182 valence electrons. The van der Waals surface area contributed by atoms with Crippen molar-refractivity contribution in [3.05, 3.63) is 87.6 Å². The minimum absolute atomic E-state index is 0.0254. The molecule has 1 heterocycles. The zero-order chi connectivity index (χ0) is 25.5. The number of aliphatic hydroxyl groups is 1. The zero-order valence-corrected chi connectivity index (χ0v) is 21.1. The summed E-state index contributed by atoms with van der Waals surface area (Å²) in [5, 5.41) is 9.77. The molecule has 11 heteroatoms. The molecule has 0 aliphatic carbocycles. The van der Waals surface area contributed by atoms with Gasteiger partial charge in [0.25, 0.3) is 0 Å². The minimum atomic E-state index is -4.22. The molecular weight excluding hydrogens is 541 g/mol. The standard InChI is InChI=1S/C24H17Cl3F2N2O3S/c1-2-35(33,34)16-6-3-5-14(11-16)15-9-10-17(20(27)12-15)23-30-21(24(28,29)32)13-31(23)22-18(25)7-4-8-19(22)26/h3-13,32H,2H2,1H3. The Kier molecular flexibility index (Phi) is 6.96. The van der Waals surface area contributed by atoms with Gasteiger partial charge in [-0.05, 0) is 47.5 Å². The summed E-state index contributed by atoms with van der Waals surface area (Å²) >= 11 is 19.1.